The number of hydrogen-bond acceptors (Lipinski definition) is 9. The molecule has 3 saturated heterocycles. The quantitative estimate of drug-likeness (QED) is 0.108. The van der Waals surface area contributed by atoms with Crippen molar-refractivity contribution in [3.63, 3.8) is 0 Å². The van der Waals surface area contributed by atoms with Crippen LogP contribution in [0.5, 0.6) is 11.8 Å². The van der Waals surface area contributed by atoms with Crippen LogP contribution in [0.4, 0.5) is 23.8 Å². The molecule has 2 unspecified atom stereocenters. The van der Waals surface area contributed by atoms with Crippen LogP contribution in [-0.4, -0.2) is 111 Å². The predicted molar refractivity (Wildman–Crippen MR) is 253 cm³/mol. The van der Waals surface area contributed by atoms with Gasteiger partial charge in [0.05, 0.1) is 55.5 Å². The number of carbonyl (C=O) groups is 1. The number of piperazine rings is 1. The van der Waals surface area contributed by atoms with Crippen molar-refractivity contribution in [1.82, 2.24) is 19.8 Å². The van der Waals surface area contributed by atoms with E-state index in [4.69, 9.17) is 28.9 Å². The van der Waals surface area contributed by atoms with Crippen molar-refractivity contribution in [2.75, 3.05) is 58.0 Å². The molecule has 4 fully saturated rings. The Morgan fingerprint density at radius 2 is 1.63 bits per heavy atom. The summed E-state index contributed by atoms with van der Waals surface area (Å²) in [6.45, 7) is 24.8. The molecule has 0 spiro atoms. The number of halogens is 3. The zero-order valence-electron chi connectivity index (χ0n) is 40.0. The molecule has 1 saturated carbocycles. The van der Waals surface area contributed by atoms with Crippen molar-refractivity contribution in [2.24, 2.45) is 5.41 Å². The predicted octanol–water partition coefficient (Wildman–Crippen LogP) is 10.9. The summed E-state index contributed by atoms with van der Waals surface area (Å²) in [5.41, 5.74) is 3.34. The van der Waals surface area contributed by atoms with Crippen LogP contribution in [0.2, 0.25) is 16.6 Å². The average molecular weight is 914 g/mol. The summed E-state index contributed by atoms with van der Waals surface area (Å²) in [5, 5.41) is 0.957. The summed E-state index contributed by atoms with van der Waals surface area (Å²) in [6, 6.07) is 7.89. The van der Waals surface area contributed by atoms with E-state index >= 15 is 13.2 Å². The minimum Gasteiger partial charge on any atom is -0.493 e. The zero-order valence-corrected chi connectivity index (χ0v) is 41.0. The van der Waals surface area contributed by atoms with Crippen LogP contribution in [0.3, 0.4) is 0 Å². The first-order valence-electron chi connectivity index (χ1n) is 23.5. The van der Waals surface area contributed by atoms with Gasteiger partial charge in [-0.05, 0) is 87.0 Å². The lowest BCUT2D eigenvalue weighted by Crippen LogP contribution is -2.57. The molecule has 4 aliphatic rings. The number of aromatic nitrogens is 2. The third kappa shape index (κ3) is 8.77. The van der Waals surface area contributed by atoms with E-state index in [1.54, 1.807) is 29.2 Å². The summed E-state index contributed by atoms with van der Waals surface area (Å²) in [4.78, 5) is 29.4. The fourth-order valence-electron chi connectivity index (χ4n) is 11.1. The van der Waals surface area contributed by atoms with Gasteiger partial charge in [-0.15, -0.1) is 5.54 Å². The molecule has 3 aromatic carbocycles. The standard InChI is InChI=1S/C51H66F3N5O5Si/c1-30(2)65(31(3)4,32(5)6)24-19-37-39(52)18-15-34-13-12-14-38(40(34)37)41-43(53)45-42(46(61-11)44(41)54)47(58-25-35-16-17-36(26-58)59(35)49(60)64-50(8,9)10)56-48(55-45)63-29-51(20-21-51)28-57-22-23-62-27-33(57)7/h12-15,18,30-33,35-36H,16-17,20-23,25-29H2,1-11H3/t33-,35?,36?/m1/s1. The van der Waals surface area contributed by atoms with Crippen LogP contribution in [0.25, 0.3) is 32.8 Å². The van der Waals surface area contributed by atoms with Crippen molar-refractivity contribution < 1.29 is 36.9 Å². The van der Waals surface area contributed by atoms with E-state index in [9.17, 15) is 4.79 Å². The van der Waals surface area contributed by atoms with E-state index in [1.807, 2.05) is 25.7 Å². The Hall–Kier alpha value is -4.58. The minimum absolute atomic E-state index is 0.0397. The topological polar surface area (TPSA) is 89.5 Å². The van der Waals surface area contributed by atoms with Crippen LogP contribution in [0, 0.1) is 34.3 Å². The number of anilines is 1. The van der Waals surface area contributed by atoms with Crippen LogP contribution in [0.1, 0.15) is 100 Å². The second kappa shape index (κ2) is 17.9. The van der Waals surface area contributed by atoms with Crippen LogP contribution < -0.4 is 14.4 Å². The molecule has 1 aromatic heterocycles. The molecule has 2 bridgehead atoms. The number of nitrogens with zero attached hydrogens (tertiary/aromatic N) is 5. The van der Waals surface area contributed by atoms with Gasteiger partial charge in [-0.2, -0.15) is 9.97 Å². The highest BCUT2D eigenvalue weighted by molar-refractivity contribution is 6.90. The van der Waals surface area contributed by atoms with Gasteiger partial charge in [-0.25, -0.2) is 18.0 Å². The molecule has 4 heterocycles. The van der Waals surface area contributed by atoms with Crippen molar-refractivity contribution in [1.29, 1.82) is 0 Å². The summed E-state index contributed by atoms with van der Waals surface area (Å²) >= 11 is 0. The Morgan fingerprint density at radius 1 is 0.954 bits per heavy atom. The molecule has 0 radical (unpaired) electrons. The Kier molecular flexibility index (Phi) is 12.9. The molecule has 14 heteroatoms. The molecule has 65 heavy (non-hydrogen) atoms. The number of carbonyl (C=O) groups excluding carboxylic acids is 1. The first kappa shape index (κ1) is 46.9. The number of morpholine rings is 1. The van der Waals surface area contributed by atoms with Gasteiger partial charge >= 0.3 is 12.1 Å². The number of amides is 1. The second-order valence-corrected chi connectivity index (χ2v) is 26.5. The molecule has 350 valence electrons. The molecule has 8 rings (SSSR count). The van der Waals surface area contributed by atoms with Gasteiger partial charge in [0.2, 0.25) is 0 Å². The highest BCUT2D eigenvalue weighted by atomic mass is 28.3. The van der Waals surface area contributed by atoms with Crippen LogP contribution >= 0.6 is 0 Å². The summed E-state index contributed by atoms with van der Waals surface area (Å²) in [6.07, 6.45) is 3.01. The largest absolute Gasteiger partial charge is 0.493 e. The van der Waals surface area contributed by atoms with Gasteiger partial charge in [0.1, 0.15) is 30.8 Å². The molecular weight excluding hydrogens is 848 g/mol. The second-order valence-electron chi connectivity index (χ2n) is 20.9. The molecule has 4 aromatic rings. The van der Waals surface area contributed by atoms with Crippen LogP contribution in [-0.2, 0) is 9.47 Å². The van der Waals surface area contributed by atoms with Crippen molar-refractivity contribution in [3.8, 4) is 34.4 Å². The number of methoxy groups -OCH3 is 1. The Balaban J connectivity index is 1.29. The highest BCUT2D eigenvalue weighted by Crippen LogP contribution is 2.49. The number of hydrogen-bond donors (Lipinski definition) is 0. The van der Waals surface area contributed by atoms with Gasteiger partial charge in [-0.3, -0.25) is 9.80 Å². The monoisotopic (exact) mass is 913 g/mol. The van der Waals surface area contributed by atoms with Crippen molar-refractivity contribution >= 4 is 41.7 Å². The first-order chi connectivity index (χ1) is 30.8. The smallest absolute Gasteiger partial charge is 0.410 e. The molecular formula is C51H66F3N5O5Si. The number of fused-ring (bicyclic) bond motifs is 4. The Morgan fingerprint density at radius 3 is 2.23 bits per heavy atom. The van der Waals surface area contributed by atoms with Crippen molar-refractivity contribution in [3.05, 3.63) is 53.3 Å². The van der Waals surface area contributed by atoms with E-state index < -0.39 is 36.7 Å². The van der Waals surface area contributed by atoms with E-state index in [1.165, 1.54) is 13.2 Å². The minimum atomic E-state index is -2.35. The van der Waals surface area contributed by atoms with E-state index in [-0.39, 0.29) is 85.9 Å². The average Bonchev–Trinajstić information content (AvgIpc) is 3.95. The molecule has 0 N–H and O–H groups in total. The van der Waals surface area contributed by atoms with E-state index in [2.05, 4.69) is 64.8 Å². The number of ether oxygens (including phenoxy) is 4. The lowest BCUT2D eigenvalue weighted by molar-refractivity contribution is -0.0134. The maximum atomic E-state index is 18.0. The fourth-order valence-corrected chi connectivity index (χ4v) is 16.3. The van der Waals surface area contributed by atoms with Crippen LogP contribution in [0.15, 0.2) is 30.3 Å². The Bertz CT molecular complexity index is 2500. The SMILES string of the molecule is COc1c(F)c(-c2cccc3ccc(F)c(C#C[Si](C(C)C)(C(C)C)C(C)C)c23)c(F)c2nc(OCC3(CN4CCOC[C@H]4C)CC3)nc(N3CC4CCC(C3)N4C(=O)OC(C)(C)C)c12. The lowest BCUT2D eigenvalue weighted by atomic mass is 9.92. The molecule has 3 aliphatic heterocycles. The normalized spacial score (nSPS) is 21.1. The van der Waals surface area contributed by atoms with Gasteiger partial charge in [0.15, 0.2) is 17.4 Å². The molecule has 1 aliphatic carbocycles. The third-order valence-electron chi connectivity index (χ3n) is 14.6. The maximum Gasteiger partial charge on any atom is 0.410 e. The summed E-state index contributed by atoms with van der Waals surface area (Å²) < 4.78 is 75.8. The molecule has 10 nitrogen and oxygen atoms in total. The first-order valence-corrected chi connectivity index (χ1v) is 25.7. The zero-order chi connectivity index (χ0) is 46.7. The van der Waals surface area contributed by atoms with E-state index in [0.29, 0.717) is 43.7 Å². The number of benzene rings is 3. The number of rotatable bonds is 11. The fraction of sp³-hybridized carbons (Fsp3) is 0.588. The van der Waals surface area contributed by atoms with E-state index in [0.717, 1.165) is 38.8 Å². The Labute approximate surface area is 383 Å². The lowest BCUT2D eigenvalue weighted by Gasteiger charge is -2.42. The van der Waals surface area contributed by atoms with Gasteiger partial charge in [0, 0.05) is 43.0 Å². The van der Waals surface area contributed by atoms with Gasteiger partial charge in [0.25, 0.3) is 0 Å². The highest BCUT2D eigenvalue weighted by Gasteiger charge is 2.48. The molecule has 3 atom stereocenters. The van der Waals surface area contributed by atoms with Gasteiger partial charge in [-0.1, -0.05) is 71.7 Å². The van der Waals surface area contributed by atoms with Crippen molar-refractivity contribution in [2.45, 2.75) is 135 Å². The summed E-state index contributed by atoms with van der Waals surface area (Å²) in [5.74, 6) is 0.821. The summed E-state index contributed by atoms with van der Waals surface area (Å²) in [7, 11) is -1.01. The maximum absolute atomic E-state index is 18.0. The van der Waals surface area contributed by atoms with Gasteiger partial charge < -0.3 is 23.8 Å². The molecule has 1 amide bonds. The third-order valence-corrected chi connectivity index (χ3v) is 20.9.